The first-order chi connectivity index (χ1) is 12.9. The molecule has 0 N–H and O–H groups in total. The van der Waals surface area contributed by atoms with E-state index in [9.17, 15) is 0 Å². The van der Waals surface area contributed by atoms with Crippen LogP contribution in [0.1, 0.15) is 61.1 Å². The van der Waals surface area contributed by atoms with Crippen molar-refractivity contribution >= 4 is 11.6 Å². The first-order valence-electron chi connectivity index (χ1n) is 9.49. The predicted octanol–water partition coefficient (Wildman–Crippen LogP) is 2.60. The van der Waals surface area contributed by atoms with Crippen LogP contribution in [0.5, 0.6) is 0 Å². The lowest BCUT2D eigenvalue weighted by atomic mass is 10.0. The maximum atomic E-state index is 4.68. The Bertz CT molecular complexity index is 1060. The van der Waals surface area contributed by atoms with Gasteiger partial charge in [0.25, 0.3) is 0 Å². The number of hydrogen-bond acceptors (Lipinski definition) is 5. The van der Waals surface area contributed by atoms with Gasteiger partial charge in [-0.05, 0) is 50.5 Å². The summed E-state index contributed by atoms with van der Waals surface area (Å²) in [6.45, 7) is 10.4. The van der Waals surface area contributed by atoms with Crippen LogP contribution in [0.4, 0.5) is 5.95 Å². The van der Waals surface area contributed by atoms with Crippen LogP contribution in [-0.2, 0) is 7.05 Å². The molecule has 1 fully saturated rings. The van der Waals surface area contributed by atoms with E-state index in [1.54, 1.807) is 4.68 Å². The Hall–Kier alpha value is -2.88. The molecule has 1 aliphatic heterocycles. The zero-order chi connectivity index (χ0) is 19.1. The fourth-order valence-electron chi connectivity index (χ4n) is 3.39. The zero-order valence-electron chi connectivity index (χ0n) is 16.6. The minimum absolute atomic E-state index is 0.342. The van der Waals surface area contributed by atoms with Crippen LogP contribution >= 0.6 is 0 Å². The standard InChI is InChI=1S/C20H25N7/c1-13(2)17-12-16(23-27-15(4)14(3)21-19(17)27)8-9-18-22-20(24-25(18)5)26-10-6-7-11-26/h12-13H,6-7,10-11H2,1-5H3. The molecule has 0 aliphatic carbocycles. The molecule has 27 heavy (non-hydrogen) atoms. The molecule has 0 atom stereocenters. The highest BCUT2D eigenvalue weighted by Crippen LogP contribution is 2.22. The lowest BCUT2D eigenvalue weighted by Crippen LogP contribution is -2.19. The van der Waals surface area contributed by atoms with Crippen LogP contribution in [0.25, 0.3) is 5.65 Å². The molecule has 0 bridgehead atoms. The average molecular weight is 363 g/mol. The van der Waals surface area contributed by atoms with Crippen LogP contribution in [0.3, 0.4) is 0 Å². The Morgan fingerprint density at radius 1 is 1.04 bits per heavy atom. The number of aromatic nitrogens is 6. The molecule has 0 radical (unpaired) electrons. The van der Waals surface area contributed by atoms with Gasteiger partial charge in [0.1, 0.15) is 5.69 Å². The van der Waals surface area contributed by atoms with Gasteiger partial charge in [0.05, 0.1) is 11.4 Å². The van der Waals surface area contributed by atoms with Crippen molar-refractivity contribution < 1.29 is 0 Å². The Labute approximate surface area is 159 Å². The largest absolute Gasteiger partial charge is 0.340 e. The van der Waals surface area contributed by atoms with Gasteiger partial charge in [-0.1, -0.05) is 13.8 Å². The van der Waals surface area contributed by atoms with Gasteiger partial charge in [-0.2, -0.15) is 10.1 Å². The van der Waals surface area contributed by atoms with Gasteiger partial charge in [0, 0.05) is 25.7 Å². The normalized spacial score (nSPS) is 14.2. The Balaban J connectivity index is 1.73. The summed E-state index contributed by atoms with van der Waals surface area (Å²) in [4.78, 5) is 11.5. The third-order valence-corrected chi connectivity index (χ3v) is 5.14. The van der Waals surface area contributed by atoms with Crippen LogP contribution < -0.4 is 4.90 Å². The van der Waals surface area contributed by atoms with Crippen molar-refractivity contribution in [3.63, 3.8) is 0 Å². The molecule has 140 valence electrons. The first-order valence-corrected chi connectivity index (χ1v) is 9.49. The predicted molar refractivity (Wildman–Crippen MR) is 105 cm³/mol. The van der Waals surface area contributed by atoms with Crippen molar-refractivity contribution in [1.82, 2.24) is 29.4 Å². The SMILES string of the molecule is Cc1nc2c(C(C)C)cc(C#Cc3nc(N4CCCC4)nn3C)nn2c1C. The highest BCUT2D eigenvalue weighted by atomic mass is 15.4. The third-order valence-electron chi connectivity index (χ3n) is 5.14. The maximum Gasteiger partial charge on any atom is 0.245 e. The van der Waals surface area contributed by atoms with E-state index in [1.165, 1.54) is 12.8 Å². The van der Waals surface area contributed by atoms with Crippen molar-refractivity contribution in [3.8, 4) is 11.8 Å². The van der Waals surface area contributed by atoms with E-state index >= 15 is 0 Å². The highest BCUT2D eigenvalue weighted by molar-refractivity contribution is 5.53. The molecule has 4 heterocycles. The second-order valence-corrected chi connectivity index (χ2v) is 7.46. The molecule has 1 aliphatic rings. The summed E-state index contributed by atoms with van der Waals surface area (Å²) >= 11 is 0. The summed E-state index contributed by atoms with van der Waals surface area (Å²) in [6, 6.07) is 2.04. The fraction of sp³-hybridized carbons (Fsp3) is 0.500. The molecule has 3 aromatic heterocycles. The lowest BCUT2D eigenvalue weighted by molar-refractivity contribution is 0.745. The van der Waals surface area contributed by atoms with E-state index in [1.807, 2.05) is 31.5 Å². The van der Waals surface area contributed by atoms with Gasteiger partial charge < -0.3 is 4.90 Å². The average Bonchev–Trinajstić information content (AvgIpc) is 3.34. The van der Waals surface area contributed by atoms with Crippen molar-refractivity contribution in [1.29, 1.82) is 0 Å². The van der Waals surface area contributed by atoms with Crippen LogP contribution in [0.15, 0.2) is 6.07 Å². The molecule has 4 rings (SSSR count). The Morgan fingerprint density at radius 2 is 1.78 bits per heavy atom. The number of fused-ring (bicyclic) bond motifs is 1. The van der Waals surface area contributed by atoms with Crippen molar-refractivity contribution in [2.24, 2.45) is 7.05 Å². The lowest BCUT2D eigenvalue weighted by Gasteiger charge is -2.10. The van der Waals surface area contributed by atoms with E-state index in [2.05, 4.69) is 50.8 Å². The van der Waals surface area contributed by atoms with E-state index in [4.69, 9.17) is 0 Å². The monoisotopic (exact) mass is 363 g/mol. The fourth-order valence-corrected chi connectivity index (χ4v) is 3.39. The minimum atomic E-state index is 0.342. The summed E-state index contributed by atoms with van der Waals surface area (Å²) in [5.74, 6) is 8.09. The van der Waals surface area contributed by atoms with E-state index < -0.39 is 0 Å². The van der Waals surface area contributed by atoms with Gasteiger partial charge in [-0.3, -0.25) is 0 Å². The van der Waals surface area contributed by atoms with Gasteiger partial charge in [0.2, 0.25) is 11.8 Å². The van der Waals surface area contributed by atoms with E-state index in [-0.39, 0.29) is 0 Å². The Kier molecular flexibility index (Phi) is 4.34. The number of anilines is 1. The summed E-state index contributed by atoms with van der Waals surface area (Å²) < 4.78 is 3.65. The molecule has 7 heteroatoms. The number of nitrogens with zero attached hydrogens (tertiary/aromatic N) is 7. The quantitative estimate of drug-likeness (QED) is 0.655. The first kappa shape index (κ1) is 17.5. The number of rotatable bonds is 2. The molecule has 0 aromatic carbocycles. The Morgan fingerprint density at radius 3 is 2.48 bits per heavy atom. The zero-order valence-corrected chi connectivity index (χ0v) is 16.6. The summed E-state index contributed by atoms with van der Waals surface area (Å²) in [5, 5.41) is 9.19. The van der Waals surface area contributed by atoms with E-state index in [0.29, 0.717) is 11.7 Å². The highest BCUT2D eigenvalue weighted by Gasteiger charge is 2.18. The smallest absolute Gasteiger partial charge is 0.245 e. The molecule has 0 amide bonds. The number of hydrogen-bond donors (Lipinski definition) is 0. The third kappa shape index (κ3) is 3.16. The molecular weight excluding hydrogens is 338 g/mol. The molecule has 0 saturated carbocycles. The van der Waals surface area contributed by atoms with Crippen LogP contribution in [0.2, 0.25) is 0 Å². The second kappa shape index (κ2) is 6.69. The van der Waals surface area contributed by atoms with Gasteiger partial charge in [0.15, 0.2) is 5.65 Å². The molecule has 1 saturated heterocycles. The van der Waals surface area contributed by atoms with Crippen LogP contribution in [0, 0.1) is 25.7 Å². The van der Waals surface area contributed by atoms with Crippen molar-refractivity contribution in [2.75, 3.05) is 18.0 Å². The second-order valence-electron chi connectivity index (χ2n) is 7.46. The molecule has 7 nitrogen and oxygen atoms in total. The molecule has 3 aromatic rings. The molecule has 0 unspecified atom stereocenters. The van der Waals surface area contributed by atoms with Crippen molar-refractivity contribution in [2.45, 2.75) is 46.5 Å². The topological polar surface area (TPSA) is 64.1 Å². The van der Waals surface area contributed by atoms with Crippen molar-refractivity contribution in [3.05, 3.63) is 34.5 Å². The summed E-state index contributed by atoms with van der Waals surface area (Å²) in [7, 11) is 1.89. The number of aryl methyl sites for hydroxylation is 3. The van der Waals surface area contributed by atoms with Gasteiger partial charge in [-0.25, -0.2) is 14.2 Å². The minimum Gasteiger partial charge on any atom is -0.340 e. The molecule has 0 spiro atoms. The van der Waals surface area contributed by atoms with Crippen LogP contribution in [-0.4, -0.2) is 42.5 Å². The number of imidazole rings is 1. The summed E-state index contributed by atoms with van der Waals surface area (Å²) in [5.41, 5.74) is 4.84. The maximum absolute atomic E-state index is 4.68. The van der Waals surface area contributed by atoms with E-state index in [0.717, 1.165) is 47.3 Å². The van der Waals surface area contributed by atoms with Gasteiger partial charge >= 0.3 is 0 Å². The molecular formula is C20H25N7. The summed E-state index contributed by atoms with van der Waals surface area (Å²) in [6.07, 6.45) is 2.40. The van der Waals surface area contributed by atoms with Gasteiger partial charge in [-0.15, -0.1) is 5.10 Å².